The van der Waals surface area contributed by atoms with Gasteiger partial charge < -0.3 is 4.74 Å². The molecule has 0 unspecified atom stereocenters. The summed E-state index contributed by atoms with van der Waals surface area (Å²) in [5, 5.41) is 22.3. The molecule has 1 aromatic heterocycles. The van der Waals surface area contributed by atoms with E-state index in [-0.39, 0.29) is 16.4 Å². The molecule has 0 aliphatic heterocycles. The molecule has 3 rings (SSSR count). The van der Waals surface area contributed by atoms with Crippen LogP contribution in [0.15, 0.2) is 48.5 Å². The van der Waals surface area contributed by atoms with Crippen molar-refractivity contribution >= 4 is 28.1 Å². The topological polar surface area (TPSA) is 107 Å². The van der Waals surface area contributed by atoms with E-state index in [1.165, 1.54) is 35.6 Å². The number of hydrogen-bond acceptors (Lipinski definition) is 7. The highest BCUT2D eigenvalue weighted by Crippen LogP contribution is 2.33. The average molecular weight is 356 g/mol. The number of anilines is 1. The molecule has 0 bridgehead atoms. The molecule has 25 heavy (non-hydrogen) atoms. The number of non-ortho nitro benzene ring substituents is 1. The van der Waals surface area contributed by atoms with Crippen LogP contribution < -0.4 is 10.1 Å². The molecule has 0 fully saturated rings. The lowest BCUT2D eigenvalue weighted by Crippen LogP contribution is -2.11. The summed E-state index contributed by atoms with van der Waals surface area (Å²) in [5.74, 6) is 0.154. The van der Waals surface area contributed by atoms with Gasteiger partial charge in [-0.3, -0.25) is 20.2 Å². The highest BCUT2D eigenvalue weighted by Gasteiger charge is 2.15. The first-order valence-corrected chi connectivity index (χ1v) is 7.93. The Hall–Kier alpha value is -3.33. The van der Waals surface area contributed by atoms with Crippen molar-refractivity contribution in [2.24, 2.45) is 0 Å². The smallest absolute Gasteiger partial charge is 0.270 e. The number of carbonyl (C=O) groups is 1. The number of nitrogens with one attached hydrogen (secondary N) is 1. The van der Waals surface area contributed by atoms with Gasteiger partial charge in [-0.05, 0) is 18.2 Å². The van der Waals surface area contributed by atoms with E-state index < -0.39 is 10.8 Å². The number of para-hydroxylation sites is 1. The molecule has 0 saturated carbocycles. The molecular weight excluding hydrogens is 344 g/mol. The number of nitro groups is 1. The lowest BCUT2D eigenvalue weighted by atomic mass is 10.2. The summed E-state index contributed by atoms with van der Waals surface area (Å²) < 4.78 is 5.28. The van der Waals surface area contributed by atoms with Crippen LogP contribution in [-0.2, 0) is 0 Å². The zero-order valence-corrected chi connectivity index (χ0v) is 13.8. The number of hydrogen-bond donors (Lipinski definition) is 1. The molecule has 0 saturated heterocycles. The molecule has 0 spiro atoms. The number of carbonyl (C=O) groups excluding carboxylic acids is 1. The van der Waals surface area contributed by atoms with Crippen molar-refractivity contribution in [2.75, 3.05) is 12.4 Å². The summed E-state index contributed by atoms with van der Waals surface area (Å²) in [6.45, 7) is 0. The Morgan fingerprint density at radius 2 is 2.00 bits per heavy atom. The van der Waals surface area contributed by atoms with Gasteiger partial charge >= 0.3 is 0 Å². The molecule has 0 radical (unpaired) electrons. The van der Waals surface area contributed by atoms with Gasteiger partial charge in [0, 0.05) is 17.7 Å². The SMILES string of the molecule is COc1ccccc1-c1nnc(NC(=O)c2cccc([N+](=O)[O-])c2)s1. The first-order valence-electron chi connectivity index (χ1n) is 7.11. The second-order valence-corrected chi connectivity index (χ2v) is 5.85. The minimum atomic E-state index is -0.554. The lowest BCUT2D eigenvalue weighted by molar-refractivity contribution is -0.384. The number of aromatic nitrogens is 2. The lowest BCUT2D eigenvalue weighted by Gasteiger charge is -2.03. The molecule has 8 nitrogen and oxygen atoms in total. The highest BCUT2D eigenvalue weighted by atomic mass is 32.1. The van der Waals surface area contributed by atoms with Crippen molar-refractivity contribution in [3.05, 3.63) is 64.2 Å². The van der Waals surface area contributed by atoms with Gasteiger partial charge in [-0.2, -0.15) is 0 Å². The summed E-state index contributed by atoms with van der Waals surface area (Å²) >= 11 is 1.18. The van der Waals surface area contributed by atoms with Crippen LogP contribution in [0.5, 0.6) is 5.75 Å². The maximum absolute atomic E-state index is 12.2. The Morgan fingerprint density at radius 3 is 2.76 bits per heavy atom. The standard InChI is InChI=1S/C16H12N4O4S/c1-24-13-8-3-2-7-12(13)15-18-19-16(25-15)17-14(21)10-5-4-6-11(9-10)20(22)23/h2-9H,1H3,(H,17,19,21). The van der Waals surface area contributed by atoms with Crippen molar-refractivity contribution in [1.29, 1.82) is 0 Å². The van der Waals surface area contributed by atoms with Crippen LogP contribution >= 0.6 is 11.3 Å². The van der Waals surface area contributed by atoms with E-state index in [0.29, 0.717) is 10.8 Å². The fourth-order valence-electron chi connectivity index (χ4n) is 2.13. The van der Waals surface area contributed by atoms with Crippen LogP contribution in [0.4, 0.5) is 10.8 Å². The molecule has 0 aliphatic carbocycles. The summed E-state index contributed by atoms with van der Waals surface area (Å²) in [4.78, 5) is 22.5. The third kappa shape index (κ3) is 3.61. The van der Waals surface area contributed by atoms with Crippen LogP contribution in [0.25, 0.3) is 10.6 Å². The fraction of sp³-hybridized carbons (Fsp3) is 0.0625. The maximum atomic E-state index is 12.2. The van der Waals surface area contributed by atoms with Crippen molar-refractivity contribution in [3.8, 4) is 16.3 Å². The van der Waals surface area contributed by atoms with Gasteiger partial charge in [-0.25, -0.2) is 0 Å². The van der Waals surface area contributed by atoms with Crippen LogP contribution in [0.3, 0.4) is 0 Å². The Labute approximate surface area is 146 Å². The van der Waals surface area contributed by atoms with Crippen molar-refractivity contribution in [1.82, 2.24) is 10.2 Å². The third-order valence-corrected chi connectivity index (χ3v) is 4.17. The number of nitrogens with zero attached hydrogens (tertiary/aromatic N) is 3. The molecular formula is C16H12N4O4S. The first kappa shape index (κ1) is 16.5. The molecule has 0 atom stereocenters. The summed E-state index contributed by atoms with van der Waals surface area (Å²) in [5.41, 5.74) is 0.779. The molecule has 2 aromatic carbocycles. The summed E-state index contributed by atoms with van der Waals surface area (Å²) in [6, 6.07) is 12.8. The van der Waals surface area contributed by atoms with Crippen molar-refractivity contribution < 1.29 is 14.5 Å². The molecule has 0 aliphatic rings. The summed E-state index contributed by atoms with van der Waals surface area (Å²) in [6.07, 6.45) is 0. The van der Waals surface area contributed by atoms with Gasteiger partial charge in [-0.15, -0.1) is 10.2 Å². The Bertz CT molecular complexity index is 941. The molecule has 126 valence electrons. The second kappa shape index (κ2) is 7.05. The largest absolute Gasteiger partial charge is 0.496 e. The van der Waals surface area contributed by atoms with E-state index in [9.17, 15) is 14.9 Å². The predicted octanol–water partition coefficient (Wildman–Crippen LogP) is 3.37. The van der Waals surface area contributed by atoms with E-state index in [1.807, 2.05) is 18.2 Å². The number of benzene rings is 2. The van der Waals surface area contributed by atoms with E-state index in [1.54, 1.807) is 13.2 Å². The number of nitro benzene ring substituents is 1. The van der Waals surface area contributed by atoms with Gasteiger partial charge in [0.1, 0.15) is 5.75 Å². The Kier molecular flexibility index (Phi) is 4.66. The zero-order chi connectivity index (χ0) is 17.8. The second-order valence-electron chi connectivity index (χ2n) is 4.87. The number of rotatable bonds is 5. The van der Waals surface area contributed by atoms with Crippen molar-refractivity contribution in [2.45, 2.75) is 0 Å². The molecule has 3 aromatic rings. The number of amides is 1. The zero-order valence-electron chi connectivity index (χ0n) is 13.0. The minimum Gasteiger partial charge on any atom is -0.496 e. The number of methoxy groups -OCH3 is 1. The van der Waals surface area contributed by atoms with Gasteiger partial charge in [0.25, 0.3) is 11.6 Å². The van der Waals surface area contributed by atoms with Crippen molar-refractivity contribution in [3.63, 3.8) is 0 Å². The van der Waals surface area contributed by atoms with Gasteiger partial charge in [0.2, 0.25) is 5.13 Å². The highest BCUT2D eigenvalue weighted by molar-refractivity contribution is 7.18. The summed E-state index contributed by atoms with van der Waals surface area (Å²) in [7, 11) is 1.56. The third-order valence-electron chi connectivity index (χ3n) is 3.30. The average Bonchev–Trinajstić information content (AvgIpc) is 3.10. The van der Waals surface area contributed by atoms with Crippen LogP contribution in [-0.4, -0.2) is 28.1 Å². The Morgan fingerprint density at radius 1 is 1.20 bits per heavy atom. The van der Waals surface area contributed by atoms with E-state index in [2.05, 4.69) is 15.5 Å². The number of ether oxygens (including phenoxy) is 1. The van der Waals surface area contributed by atoms with Gasteiger partial charge in [-0.1, -0.05) is 29.5 Å². The molecule has 1 heterocycles. The monoisotopic (exact) mass is 356 g/mol. The normalized spacial score (nSPS) is 10.3. The predicted molar refractivity (Wildman–Crippen MR) is 92.9 cm³/mol. The molecule has 9 heteroatoms. The molecule has 1 amide bonds. The van der Waals surface area contributed by atoms with Gasteiger partial charge in [0.15, 0.2) is 5.01 Å². The van der Waals surface area contributed by atoms with Crippen LogP contribution in [0.1, 0.15) is 10.4 Å². The van der Waals surface area contributed by atoms with E-state index in [0.717, 1.165) is 5.56 Å². The fourth-order valence-corrected chi connectivity index (χ4v) is 2.90. The maximum Gasteiger partial charge on any atom is 0.270 e. The van der Waals surface area contributed by atoms with Gasteiger partial charge in [0.05, 0.1) is 17.6 Å². The van der Waals surface area contributed by atoms with Crippen LogP contribution in [0, 0.1) is 10.1 Å². The quantitative estimate of drug-likeness (QED) is 0.555. The van der Waals surface area contributed by atoms with E-state index >= 15 is 0 Å². The Balaban J connectivity index is 1.80. The minimum absolute atomic E-state index is 0.153. The van der Waals surface area contributed by atoms with E-state index in [4.69, 9.17) is 4.74 Å². The van der Waals surface area contributed by atoms with Crippen LogP contribution in [0.2, 0.25) is 0 Å². The molecule has 1 N–H and O–H groups in total. The first-order chi connectivity index (χ1) is 12.1.